The van der Waals surface area contributed by atoms with Gasteiger partial charge in [-0.25, -0.2) is 0 Å². The Bertz CT molecular complexity index is 973. The highest BCUT2D eigenvalue weighted by Gasteiger charge is 2.08. The molecule has 0 saturated carbocycles. The van der Waals surface area contributed by atoms with Gasteiger partial charge in [0.1, 0.15) is 30.5 Å². The molecule has 0 atom stereocenters. The van der Waals surface area contributed by atoms with E-state index < -0.39 is 0 Å². The zero-order valence-corrected chi connectivity index (χ0v) is 17.0. The van der Waals surface area contributed by atoms with E-state index in [0.29, 0.717) is 41.0 Å². The molecule has 0 aromatic heterocycles. The van der Waals surface area contributed by atoms with Crippen molar-refractivity contribution in [2.75, 3.05) is 25.6 Å². The number of benzene rings is 3. The van der Waals surface area contributed by atoms with Crippen molar-refractivity contribution in [2.24, 2.45) is 0 Å². The van der Waals surface area contributed by atoms with E-state index in [1.807, 2.05) is 31.2 Å². The maximum absolute atomic E-state index is 12.4. The molecule has 3 aromatic rings. The standard InChI is InChI=1S/C23H22ClNO4/c1-16-4-3-5-20(14-16)29-13-12-28-19-9-6-17(7-10-19)23(26)25-18-8-11-22(27-2)21(24)15-18/h3-11,14-15H,12-13H2,1-2H3,(H,25,26). The third-order valence-electron chi connectivity index (χ3n) is 4.14. The van der Waals surface area contributed by atoms with E-state index in [0.717, 1.165) is 11.3 Å². The molecule has 0 radical (unpaired) electrons. The first-order chi connectivity index (χ1) is 14.0. The van der Waals surface area contributed by atoms with Crippen LogP contribution >= 0.6 is 11.6 Å². The molecule has 6 heteroatoms. The molecule has 3 aromatic carbocycles. The van der Waals surface area contributed by atoms with E-state index in [9.17, 15) is 4.79 Å². The van der Waals surface area contributed by atoms with E-state index in [1.165, 1.54) is 7.11 Å². The highest BCUT2D eigenvalue weighted by Crippen LogP contribution is 2.27. The van der Waals surface area contributed by atoms with Crippen LogP contribution in [0.4, 0.5) is 5.69 Å². The molecular formula is C23H22ClNO4. The van der Waals surface area contributed by atoms with Crippen molar-refractivity contribution < 1.29 is 19.0 Å². The number of halogens is 1. The second-order valence-electron chi connectivity index (χ2n) is 6.34. The smallest absolute Gasteiger partial charge is 0.255 e. The zero-order valence-electron chi connectivity index (χ0n) is 16.3. The van der Waals surface area contributed by atoms with Crippen molar-refractivity contribution in [3.63, 3.8) is 0 Å². The summed E-state index contributed by atoms with van der Waals surface area (Å²) in [5.41, 5.74) is 2.25. The Labute approximate surface area is 175 Å². The number of methoxy groups -OCH3 is 1. The number of aryl methyl sites for hydroxylation is 1. The normalized spacial score (nSPS) is 10.3. The van der Waals surface area contributed by atoms with Crippen LogP contribution in [0, 0.1) is 6.92 Å². The van der Waals surface area contributed by atoms with Gasteiger partial charge >= 0.3 is 0 Å². The van der Waals surface area contributed by atoms with Gasteiger partial charge in [0, 0.05) is 11.3 Å². The number of carbonyl (C=O) groups is 1. The fourth-order valence-corrected chi connectivity index (χ4v) is 2.93. The van der Waals surface area contributed by atoms with Crippen LogP contribution in [0.1, 0.15) is 15.9 Å². The maximum Gasteiger partial charge on any atom is 0.255 e. The molecule has 5 nitrogen and oxygen atoms in total. The summed E-state index contributed by atoms with van der Waals surface area (Å²) in [5.74, 6) is 1.80. The first kappa shape index (κ1) is 20.6. The van der Waals surface area contributed by atoms with Crippen LogP contribution in [-0.4, -0.2) is 26.2 Å². The minimum atomic E-state index is -0.236. The van der Waals surface area contributed by atoms with Gasteiger partial charge in [-0.3, -0.25) is 4.79 Å². The van der Waals surface area contributed by atoms with Crippen LogP contribution in [0.2, 0.25) is 5.02 Å². The third kappa shape index (κ3) is 5.90. The maximum atomic E-state index is 12.4. The second-order valence-corrected chi connectivity index (χ2v) is 6.75. The monoisotopic (exact) mass is 411 g/mol. The van der Waals surface area contributed by atoms with Crippen molar-refractivity contribution in [2.45, 2.75) is 6.92 Å². The number of nitrogens with one attached hydrogen (secondary N) is 1. The van der Waals surface area contributed by atoms with Crippen molar-refractivity contribution >= 4 is 23.2 Å². The van der Waals surface area contributed by atoms with Crippen LogP contribution in [-0.2, 0) is 0 Å². The predicted molar refractivity (Wildman–Crippen MR) is 115 cm³/mol. The first-order valence-corrected chi connectivity index (χ1v) is 9.50. The molecule has 0 aliphatic carbocycles. The number of rotatable bonds is 8. The van der Waals surface area contributed by atoms with Gasteiger partial charge in [-0.05, 0) is 67.1 Å². The Morgan fingerprint density at radius 1 is 0.931 bits per heavy atom. The van der Waals surface area contributed by atoms with Crippen molar-refractivity contribution in [3.8, 4) is 17.2 Å². The molecule has 3 rings (SSSR count). The quantitative estimate of drug-likeness (QED) is 0.506. The number of hydrogen-bond acceptors (Lipinski definition) is 4. The molecule has 29 heavy (non-hydrogen) atoms. The summed E-state index contributed by atoms with van der Waals surface area (Å²) in [4.78, 5) is 12.4. The molecule has 1 N–H and O–H groups in total. The molecule has 0 aliphatic rings. The molecule has 0 heterocycles. The topological polar surface area (TPSA) is 56.8 Å². The lowest BCUT2D eigenvalue weighted by Crippen LogP contribution is -2.12. The van der Waals surface area contributed by atoms with Crippen LogP contribution in [0.5, 0.6) is 17.2 Å². The van der Waals surface area contributed by atoms with Crippen LogP contribution in [0.25, 0.3) is 0 Å². The van der Waals surface area contributed by atoms with Gasteiger partial charge in [0.15, 0.2) is 0 Å². The molecule has 0 aliphatic heterocycles. The fourth-order valence-electron chi connectivity index (χ4n) is 2.67. The molecular weight excluding hydrogens is 390 g/mol. The number of hydrogen-bond donors (Lipinski definition) is 1. The summed E-state index contributed by atoms with van der Waals surface area (Å²) in [6.07, 6.45) is 0. The molecule has 150 valence electrons. The summed E-state index contributed by atoms with van der Waals surface area (Å²) in [5, 5.41) is 3.24. The highest BCUT2D eigenvalue weighted by molar-refractivity contribution is 6.32. The van der Waals surface area contributed by atoms with Crippen LogP contribution in [0.15, 0.2) is 66.7 Å². The predicted octanol–water partition coefficient (Wildman–Crippen LogP) is 5.37. The van der Waals surface area contributed by atoms with Crippen molar-refractivity contribution in [3.05, 3.63) is 82.9 Å². The number of amides is 1. The fraction of sp³-hybridized carbons (Fsp3) is 0.174. The average molecular weight is 412 g/mol. The lowest BCUT2D eigenvalue weighted by Gasteiger charge is -2.10. The Balaban J connectivity index is 1.49. The minimum absolute atomic E-state index is 0.236. The van der Waals surface area contributed by atoms with E-state index >= 15 is 0 Å². The van der Waals surface area contributed by atoms with Crippen molar-refractivity contribution in [1.82, 2.24) is 0 Å². The molecule has 1 amide bonds. The van der Waals surface area contributed by atoms with E-state index in [1.54, 1.807) is 42.5 Å². The van der Waals surface area contributed by atoms with E-state index in [2.05, 4.69) is 5.32 Å². The number of anilines is 1. The first-order valence-electron chi connectivity index (χ1n) is 9.12. The molecule has 0 fully saturated rings. The van der Waals surface area contributed by atoms with Gasteiger partial charge in [0.2, 0.25) is 0 Å². The lowest BCUT2D eigenvalue weighted by molar-refractivity contribution is 0.102. The third-order valence-corrected chi connectivity index (χ3v) is 4.43. The number of carbonyl (C=O) groups excluding carboxylic acids is 1. The van der Waals surface area contributed by atoms with Gasteiger partial charge in [-0.2, -0.15) is 0 Å². The van der Waals surface area contributed by atoms with Gasteiger partial charge in [-0.15, -0.1) is 0 Å². The van der Waals surface area contributed by atoms with Crippen molar-refractivity contribution in [1.29, 1.82) is 0 Å². The Morgan fingerprint density at radius 2 is 1.66 bits per heavy atom. The highest BCUT2D eigenvalue weighted by atomic mass is 35.5. The molecule has 0 bridgehead atoms. The summed E-state index contributed by atoms with van der Waals surface area (Å²) in [7, 11) is 1.54. The van der Waals surface area contributed by atoms with E-state index in [4.69, 9.17) is 25.8 Å². The summed E-state index contributed by atoms with van der Waals surface area (Å²) < 4.78 is 16.4. The summed E-state index contributed by atoms with van der Waals surface area (Å²) in [6.45, 7) is 2.86. The Hall–Kier alpha value is -3.18. The Morgan fingerprint density at radius 3 is 2.31 bits per heavy atom. The molecule has 0 spiro atoms. The van der Waals surface area contributed by atoms with Gasteiger partial charge in [-0.1, -0.05) is 23.7 Å². The average Bonchev–Trinajstić information content (AvgIpc) is 2.72. The van der Waals surface area contributed by atoms with Gasteiger partial charge in [0.05, 0.1) is 12.1 Å². The van der Waals surface area contributed by atoms with Gasteiger partial charge in [0.25, 0.3) is 5.91 Å². The zero-order chi connectivity index (χ0) is 20.6. The second kappa shape index (κ2) is 9.85. The lowest BCUT2D eigenvalue weighted by atomic mass is 10.2. The van der Waals surface area contributed by atoms with Gasteiger partial charge < -0.3 is 19.5 Å². The minimum Gasteiger partial charge on any atom is -0.495 e. The molecule has 0 saturated heterocycles. The largest absolute Gasteiger partial charge is 0.495 e. The number of ether oxygens (including phenoxy) is 3. The van der Waals surface area contributed by atoms with Crippen LogP contribution < -0.4 is 19.5 Å². The van der Waals surface area contributed by atoms with E-state index in [-0.39, 0.29) is 5.91 Å². The van der Waals surface area contributed by atoms with Crippen LogP contribution in [0.3, 0.4) is 0 Å². The SMILES string of the molecule is COc1ccc(NC(=O)c2ccc(OCCOc3cccc(C)c3)cc2)cc1Cl. The summed E-state index contributed by atoms with van der Waals surface area (Å²) >= 11 is 6.08. The Kier molecular flexibility index (Phi) is 6.98. The molecule has 0 unspecified atom stereocenters. The summed E-state index contributed by atoms with van der Waals surface area (Å²) in [6, 6.07) is 19.9.